The number of aliphatic hydroxyl groups is 1. The van der Waals surface area contributed by atoms with Crippen LogP contribution in [0.4, 0.5) is 0 Å². The van der Waals surface area contributed by atoms with Crippen molar-refractivity contribution in [2.75, 3.05) is 32.8 Å². The molecule has 1 aromatic rings. The molecule has 0 spiro atoms. The molecule has 2 unspecified atom stereocenters. The Morgan fingerprint density at radius 2 is 2.10 bits per heavy atom. The molecule has 4 nitrogen and oxygen atoms in total. The molecule has 1 aliphatic heterocycles. The van der Waals surface area contributed by atoms with Gasteiger partial charge < -0.3 is 15.6 Å². The molecule has 1 fully saturated rings. The lowest BCUT2D eigenvalue weighted by Gasteiger charge is -2.40. The maximum atomic E-state index is 9.22. The highest BCUT2D eigenvalue weighted by Gasteiger charge is 2.32. The van der Waals surface area contributed by atoms with Crippen LogP contribution in [-0.4, -0.2) is 49.0 Å². The molecule has 0 aromatic heterocycles. The van der Waals surface area contributed by atoms with Crippen molar-refractivity contribution >= 4 is 0 Å². The highest BCUT2D eigenvalue weighted by atomic mass is 16.5. The molecule has 0 bridgehead atoms. The number of nitrogens with zero attached hydrogens (tertiary/aromatic N) is 1. The minimum Gasteiger partial charge on any atom is -0.394 e. The van der Waals surface area contributed by atoms with E-state index in [1.165, 1.54) is 5.56 Å². The predicted octanol–water partition coefficient (Wildman–Crippen LogP) is 1.41. The Morgan fingerprint density at radius 1 is 1.40 bits per heavy atom. The minimum absolute atomic E-state index is 0.000813. The first kappa shape index (κ1) is 15.4. The van der Waals surface area contributed by atoms with E-state index >= 15 is 0 Å². The Kier molecular flexibility index (Phi) is 5.16. The average molecular weight is 278 g/mol. The lowest BCUT2D eigenvalue weighted by atomic mass is 9.80. The average Bonchev–Trinajstić information content (AvgIpc) is 2.47. The van der Waals surface area contributed by atoms with Crippen molar-refractivity contribution in [3.63, 3.8) is 0 Å². The quantitative estimate of drug-likeness (QED) is 0.855. The van der Waals surface area contributed by atoms with Gasteiger partial charge in [-0.1, -0.05) is 44.2 Å². The first-order valence-electron chi connectivity index (χ1n) is 7.28. The molecule has 0 radical (unpaired) electrons. The summed E-state index contributed by atoms with van der Waals surface area (Å²) in [4.78, 5) is 2.34. The smallest absolute Gasteiger partial charge is 0.0932 e. The van der Waals surface area contributed by atoms with Crippen LogP contribution in [0.1, 0.15) is 25.5 Å². The number of nitrogens with two attached hydrogens (primary N) is 1. The summed E-state index contributed by atoms with van der Waals surface area (Å²) in [6.45, 7) is 7.76. The van der Waals surface area contributed by atoms with Crippen molar-refractivity contribution in [1.82, 2.24) is 4.90 Å². The summed E-state index contributed by atoms with van der Waals surface area (Å²) in [5.41, 5.74) is 7.59. The normalized spacial score (nSPS) is 22.7. The molecule has 4 heteroatoms. The second kappa shape index (κ2) is 6.68. The van der Waals surface area contributed by atoms with Gasteiger partial charge >= 0.3 is 0 Å². The zero-order chi connectivity index (χ0) is 14.6. The van der Waals surface area contributed by atoms with E-state index < -0.39 is 0 Å². The van der Waals surface area contributed by atoms with Gasteiger partial charge in [0, 0.05) is 25.7 Å². The van der Waals surface area contributed by atoms with Crippen LogP contribution in [0.3, 0.4) is 0 Å². The first-order chi connectivity index (χ1) is 9.53. The maximum absolute atomic E-state index is 9.22. The highest BCUT2D eigenvalue weighted by molar-refractivity contribution is 5.20. The Morgan fingerprint density at radius 3 is 2.75 bits per heavy atom. The maximum Gasteiger partial charge on any atom is 0.0932 e. The van der Waals surface area contributed by atoms with Crippen LogP contribution in [0, 0.1) is 5.41 Å². The van der Waals surface area contributed by atoms with Crippen molar-refractivity contribution in [3.05, 3.63) is 35.9 Å². The topological polar surface area (TPSA) is 58.7 Å². The number of hydrogen-bond donors (Lipinski definition) is 2. The molecular weight excluding hydrogens is 252 g/mol. The van der Waals surface area contributed by atoms with Crippen molar-refractivity contribution in [2.24, 2.45) is 11.1 Å². The van der Waals surface area contributed by atoms with Gasteiger partial charge in [0.25, 0.3) is 0 Å². The molecule has 0 amide bonds. The summed E-state index contributed by atoms with van der Waals surface area (Å²) in [6, 6.07) is 10.2. The van der Waals surface area contributed by atoms with Crippen LogP contribution in [0.25, 0.3) is 0 Å². The van der Waals surface area contributed by atoms with E-state index in [1.807, 2.05) is 18.2 Å². The molecule has 1 aliphatic rings. The van der Waals surface area contributed by atoms with Crippen molar-refractivity contribution in [1.29, 1.82) is 0 Å². The molecule has 20 heavy (non-hydrogen) atoms. The molecular formula is C16H26N2O2. The van der Waals surface area contributed by atoms with Crippen LogP contribution < -0.4 is 5.73 Å². The van der Waals surface area contributed by atoms with Gasteiger partial charge in [0.2, 0.25) is 0 Å². The third-order valence-electron chi connectivity index (χ3n) is 4.06. The van der Waals surface area contributed by atoms with Crippen LogP contribution in [0.2, 0.25) is 0 Å². The summed E-state index contributed by atoms with van der Waals surface area (Å²) < 4.78 is 5.49. The summed E-state index contributed by atoms with van der Waals surface area (Å²) in [7, 11) is 0. The lowest BCUT2D eigenvalue weighted by Crippen LogP contribution is -2.49. The fourth-order valence-electron chi connectivity index (χ4n) is 2.82. The monoisotopic (exact) mass is 278 g/mol. The fraction of sp³-hybridized carbons (Fsp3) is 0.625. The SMILES string of the molecule is CC(C)(CN1CCOC(CO)C1)C(N)c1ccccc1. The molecule has 1 heterocycles. The third-order valence-corrected chi connectivity index (χ3v) is 4.06. The van der Waals surface area contributed by atoms with E-state index in [1.54, 1.807) is 0 Å². The van der Waals surface area contributed by atoms with Crippen LogP contribution in [-0.2, 0) is 4.74 Å². The lowest BCUT2D eigenvalue weighted by molar-refractivity contribution is -0.0620. The largest absolute Gasteiger partial charge is 0.394 e. The molecule has 2 atom stereocenters. The van der Waals surface area contributed by atoms with Gasteiger partial charge in [0.15, 0.2) is 0 Å². The molecule has 1 aromatic carbocycles. The van der Waals surface area contributed by atoms with E-state index in [0.29, 0.717) is 6.61 Å². The zero-order valence-corrected chi connectivity index (χ0v) is 12.5. The Balaban J connectivity index is 1.99. The fourth-order valence-corrected chi connectivity index (χ4v) is 2.82. The van der Waals surface area contributed by atoms with Crippen LogP contribution >= 0.6 is 0 Å². The van der Waals surface area contributed by atoms with Crippen molar-refractivity contribution in [3.8, 4) is 0 Å². The van der Waals surface area contributed by atoms with Gasteiger partial charge in [-0.3, -0.25) is 4.90 Å². The van der Waals surface area contributed by atoms with Gasteiger partial charge in [-0.25, -0.2) is 0 Å². The van der Waals surface area contributed by atoms with Crippen LogP contribution in [0.5, 0.6) is 0 Å². The van der Waals surface area contributed by atoms with E-state index in [4.69, 9.17) is 10.5 Å². The Hall–Kier alpha value is -0.940. The van der Waals surface area contributed by atoms with Gasteiger partial charge in [-0.15, -0.1) is 0 Å². The summed E-state index contributed by atoms with van der Waals surface area (Å²) in [5.74, 6) is 0. The number of aliphatic hydroxyl groups excluding tert-OH is 1. The number of morpholine rings is 1. The Labute approximate surface area is 121 Å². The standard InChI is InChI=1S/C16H26N2O2/c1-16(2,15(17)13-6-4-3-5-7-13)12-18-8-9-20-14(10-18)11-19/h3-7,14-15,19H,8-12,17H2,1-2H3. The van der Waals surface area contributed by atoms with Crippen molar-refractivity contribution < 1.29 is 9.84 Å². The Bertz CT molecular complexity index is 408. The highest BCUT2D eigenvalue weighted by Crippen LogP contribution is 2.32. The number of hydrogen-bond acceptors (Lipinski definition) is 4. The van der Waals surface area contributed by atoms with E-state index in [9.17, 15) is 5.11 Å². The van der Waals surface area contributed by atoms with Gasteiger partial charge in [-0.2, -0.15) is 0 Å². The molecule has 0 aliphatic carbocycles. The predicted molar refractivity (Wildman–Crippen MR) is 80.4 cm³/mol. The van der Waals surface area contributed by atoms with E-state index in [-0.39, 0.29) is 24.2 Å². The molecule has 0 saturated carbocycles. The van der Waals surface area contributed by atoms with E-state index in [2.05, 4.69) is 30.9 Å². The number of ether oxygens (including phenoxy) is 1. The first-order valence-corrected chi connectivity index (χ1v) is 7.28. The van der Waals surface area contributed by atoms with Gasteiger partial charge in [0.05, 0.1) is 19.3 Å². The molecule has 2 rings (SSSR count). The second-order valence-electron chi connectivity index (χ2n) is 6.29. The van der Waals surface area contributed by atoms with Crippen LogP contribution in [0.15, 0.2) is 30.3 Å². The van der Waals surface area contributed by atoms with Gasteiger partial charge in [-0.05, 0) is 11.0 Å². The second-order valence-corrected chi connectivity index (χ2v) is 6.29. The molecule has 112 valence electrons. The summed E-state index contributed by atoms with van der Waals surface area (Å²) in [5, 5.41) is 9.22. The minimum atomic E-state index is -0.0625. The summed E-state index contributed by atoms with van der Waals surface area (Å²) in [6.07, 6.45) is -0.0625. The number of benzene rings is 1. The number of rotatable bonds is 5. The molecule has 3 N–H and O–H groups in total. The molecule has 1 saturated heterocycles. The summed E-state index contributed by atoms with van der Waals surface area (Å²) >= 11 is 0. The van der Waals surface area contributed by atoms with E-state index in [0.717, 1.165) is 19.6 Å². The van der Waals surface area contributed by atoms with Crippen molar-refractivity contribution in [2.45, 2.75) is 26.0 Å². The zero-order valence-electron chi connectivity index (χ0n) is 12.5. The third kappa shape index (κ3) is 3.79. The van der Waals surface area contributed by atoms with Gasteiger partial charge in [0.1, 0.15) is 0 Å².